The number of nitrogens with zero attached hydrogens (tertiary/aromatic N) is 1. The SMILES string of the molecule is NCc1ccc(OCCCN2CCCCC2=O)cc1. The van der Waals surface area contributed by atoms with Gasteiger partial charge in [0.15, 0.2) is 0 Å². The van der Waals surface area contributed by atoms with E-state index in [1.165, 1.54) is 0 Å². The van der Waals surface area contributed by atoms with Crippen molar-refractivity contribution in [2.24, 2.45) is 5.73 Å². The number of carbonyl (C=O) groups excluding carboxylic acids is 1. The van der Waals surface area contributed by atoms with Crippen LogP contribution in [0, 0.1) is 0 Å². The molecule has 1 aliphatic heterocycles. The van der Waals surface area contributed by atoms with Crippen LogP contribution in [-0.2, 0) is 11.3 Å². The van der Waals surface area contributed by atoms with Crippen LogP contribution in [-0.4, -0.2) is 30.5 Å². The molecule has 0 radical (unpaired) electrons. The van der Waals surface area contributed by atoms with Crippen LogP contribution in [0.25, 0.3) is 0 Å². The lowest BCUT2D eigenvalue weighted by molar-refractivity contribution is -0.133. The second kappa shape index (κ2) is 7.14. The van der Waals surface area contributed by atoms with Crippen molar-refractivity contribution in [3.8, 4) is 5.75 Å². The Morgan fingerprint density at radius 2 is 2.00 bits per heavy atom. The van der Waals surface area contributed by atoms with E-state index in [0.29, 0.717) is 25.5 Å². The van der Waals surface area contributed by atoms with E-state index >= 15 is 0 Å². The fourth-order valence-electron chi connectivity index (χ4n) is 2.27. The molecule has 0 spiro atoms. The Morgan fingerprint density at radius 1 is 1.21 bits per heavy atom. The molecule has 0 bridgehead atoms. The van der Waals surface area contributed by atoms with E-state index in [2.05, 4.69) is 0 Å². The minimum atomic E-state index is 0.290. The van der Waals surface area contributed by atoms with Crippen molar-refractivity contribution in [1.82, 2.24) is 4.90 Å². The smallest absolute Gasteiger partial charge is 0.222 e. The third kappa shape index (κ3) is 4.24. The molecule has 2 rings (SSSR count). The molecule has 0 unspecified atom stereocenters. The largest absolute Gasteiger partial charge is 0.494 e. The van der Waals surface area contributed by atoms with Gasteiger partial charge in [-0.05, 0) is 37.0 Å². The van der Waals surface area contributed by atoms with Gasteiger partial charge in [0.25, 0.3) is 0 Å². The zero-order valence-corrected chi connectivity index (χ0v) is 11.3. The monoisotopic (exact) mass is 262 g/mol. The highest BCUT2D eigenvalue weighted by Crippen LogP contribution is 2.13. The van der Waals surface area contributed by atoms with Crippen LogP contribution in [0.2, 0.25) is 0 Å². The normalized spacial score (nSPS) is 15.6. The number of nitrogens with two attached hydrogens (primary N) is 1. The van der Waals surface area contributed by atoms with Crippen molar-refractivity contribution in [1.29, 1.82) is 0 Å². The van der Waals surface area contributed by atoms with Crippen molar-refractivity contribution < 1.29 is 9.53 Å². The molecule has 0 aliphatic carbocycles. The highest BCUT2D eigenvalue weighted by atomic mass is 16.5. The van der Waals surface area contributed by atoms with Gasteiger partial charge in [-0.15, -0.1) is 0 Å². The first-order chi connectivity index (χ1) is 9.29. The molecule has 1 aromatic rings. The van der Waals surface area contributed by atoms with Crippen LogP contribution in [0.3, 0.4) is 0 Å². The van der Waals surface area contributed by atoms with Gasteiger partial charge in [0.2, 0.25) is 5.91 Å². The Hall–Kier alpha value is -1.55. The van der Waals surface area contributed by atoms with Gasteiger partial charge in [0.1, 0.15) is 5.75 Å². The molecule has 2 N–H and O–H groups in total. The highest BCUT2D eigenvalue weighted by Gasteiger charge is 2.16. The Bertz CT molecular complexity index is 403. The Morgan fingerprint density at radius 3 is 2.68 bits per heavy atom. The Balaban J connectivity index is 1.67. The molecule has 0 atom stereocenters. The molecule has 1 heterocycles. The van der Waals surface area contributed by atoms with Crippen LogP contribution < -0.4 is 10.5 Å². The highest BCUT2D eigenvalue weighted by molar-refractivity contribution is 5.76. The van der Waals surface area contributed by atoms with E-state index in [1.807, 2.05) is 29.2 Å². The molecule has 1 fully saturated rings. The molecule has 0 saturated carbocycles. The molecule has 19 heavy (non-hydrogen) atoms. The molecule has 1 saturated heterocycles. The number of amides is 1. The Kier molecular flexibility index (Phi) is 5.21. The van der Waals surface area contributed by atoms with Gasteiger partial charge in [0, 0.05) is 26.1 Å². The zero-order chi connectivity index (χ0) is 13.5. The number of hydrogen-bond acceptors (Lipinski definition) is 3. The predicted molar refractivity (Wildman–Crippen MR) is 74.9 cm³/mol. The van der Waals surface area contributed by atoms with E-state index < -0.39 is 0 Å². The number of hydrogen-bond donors (Lipinski definition) is 1. The van der Waals surface area contributed by atoms with Crippen LogP contribution in [0.1, 0.15) is 31.2 Å². The number of piperidine rings is 1. The lowest BCUT2D eigenvalue weighted by Crippen LogP contribution is -2.36. The van der Waals surface area contributed by atoms with E-state index in [4.69, 9.17) is 10.5 Å². The van der Waals surface area contributed by atoms with Gasteiger partial charge in [-0.25, -0.2) is 0 Å². The average Bonchev–Trinajstić information content (AvgIpc) is 2.46. The van der Waals surface area contributed by atoms with Gasteiger partial charge in [-0.1, -0.05) is 12.1 Å². The van der Waals surface area contributed by atoms with Crippen LogP contribution in [0.15, 0.2) is 24.3 Å². The number of rotatable bonds is 6. The first kappa shape index (κ1) is 13.9. The maximum Gasteiger partial charge on any atom is 0.222 e. The van der Waals surface area contributed by atoms with E-state index in [-0.39, 0.29) is 0 Å². The van der Waals surface area contributed by atoms with Crippen molar-refractivity contribution in [3.05, 3.63) is 29.8 Å². The maximum atomic E-state index is 11.6. The van der Waals surface area contributed by atoms with Gasteiger partial charge in [0.05, 0.1) is 6.61 Å². The van der Waals surface area contributed by atoms with Crippen molar-refractivity contribution in [3.63, 3.8) is 0 Å². The summed E-state index contributed by atoms with van der Waals surface area (Å²) in [4.78, 5) is 13.6. The van der Waals surface area contributed by atoms with Gasteiger partial charge in [-0.3, -0.25) is 4.79 Å². The van der Waals surface area contributed by atoms with Crippen molar-refractivity contribution >= 4 is 5.91 Å². The summed E-state index contributed by atoms with van der Waals surface area (Å²) in [6, 6.07) is 7.83. The van der Waals surface area contributed by atoms with Crippen molar-refractivity contribution in [2.75, 3.05) is 19.7 Å². The standard InChI is InChI=1S/C15H22N2O2/c16-12-13-5-7-14(8-6-13)19-11-3-10-17-9-2-1-4-15(17)18/h5-8H,1-4,9-12,16H2. The van der Waals surface area contributed by atoms with E-state index in [0.717, 1.165) is 43.7 Å². The minimum Gasteiger partial charge on any atom is -0.494 e. The average molecular weight is 262 g/mol. The summed E-state index contributed by atoms with van der Waals surface area (Å²) in [6.07, 6.45) is 3.76. The fraction of sp³-hybridized carbons (Fsp3) is 0.533. The summed E-state index contributed by atoms with van der Waals surface area (Å²) in [7, 11) is 0. The summed E-state index contributed by atoms with van der Waals surface area (Å²) < 4.78 is 5.65. The molecule has 1 amide bonds. The molecule has 4 heteroatoms. The molecular formula is C15H22N2O2. The van der Waals surface area contributed by atoms with Gasteiger partial charge >= 0.3 is 0 Å². The zero-order valence-electron chi connectivity index (χ0n) is 11.3. The third-order valence-corrected chi connectivity index (χ3v) is 3.42. The quantitative estimate of drug-likeness (QED) is 0.797. The fourth-order valence-corrected chi connectivity index (χ4v) is 2.27. The minimum absolute atomic E-state index is 0.290. The lowest BCUT2D eigenvalue weighted by atomic mass is 10.1. The lowest BCUT2D eigenvalue weighted by Gasteiger charge is -2.26. The van der Waals surface area contributed by atoms with E-state index in [9.17, 15) is 4.79 Å². The number of ether oxygens (including phenoxy) is 1. The maximum absolute atomic E-state index is 11.6. The molecular weight excluding hydrogens is 240 g/mol. The van der Waals surface area contributed by atoms with Gasteiger partial charge < -0.3 is 15.4 Å². The summed E-state index contributed by atoms with van der Waals surface area (Å²) in [6.45, 7) is 2.91. The van der Waals surface area contributed by atoms with Crippen molar-refractivity contribution in [2.45, 2.75) is 32.2 Å². The molecule has 0 aromatic heterocycles. The summed E-state index contributed by atoms with van der Waals surface area (Å²) in [5.41, 5.74) is 6.64. The molecule has 104 valence electrons. The first-order valence-corrected chi connectivity index (χ1v) is 6.99. The molecule has 1 aromatic carbocycles. The van der Waals surface area contributed by atoms with E-state index in [1.54, 1.807) is 0 Å². The van der Waals surface area contributed by atoms with Gasteiger partial charge in [-0.2, -0.15) is 0 Å². The topological polar surface area (TPSA) is 55.6 Å². The number of carbonyl (C=O) groups is 1. The molecule has 1 aliphatic rings. The summed E-state index contributed by atoms with van der Waals surface area (Å²) in [5, 5.41) is 0. The third-order valence-electron chi connectivity index (χ3n) is 3.42. The van der Waals surface area contributed by atoms with Crippen LogP contribution in [0.5, 0.6) is 5.75 Å². The second-order valence-electron chi connectivity index (χ2n) is 4.89. The predicted octanol–water partition coefficient (Wildman–Crippen LogP) is 1.93. The number of benzene rings is 1. The van der Waals surface area contributed by atoms with Crippen LogP contribution >= 0.6 is 0 Å². The number of likely N-dealkylation sites (tertiary alicyclic amines) is 1. The summed E-state index contributed by atoms with van der Waals surface area (Å²) in [5.74, 6) is 1.15. The summed E-state index contributed by atoms with van der Waals surface area (Å²) >= 11 is 0. The first-order valence-electron chi connectivity index (χ1n) is 6.99. The second-order valence-corrected chi connectivity index (χ2v) is 4.89. The molecule has 4 nitrogen and oxygen atoms in total. The van der Waals surface area contributed by atoms with Crippen LogP contribution in [0.4, 0.5) is 0 Å². The Labute approximate surface area is 114 Å².